The Balaban J connectivity index is 1.32. The standard InChI is InChI=1S/C22H23ClF3N3O2/c1-30-18-9-15(31-19-13-5-11-4-12(7-13)8-14(19)6-11)2-3-17(18)28-21-27-10-16(20(23)29-21)22(24,25)26/h2-3,9-14,19H,4-8H2,1H3,(H,27,28,29). The van der Waals surface area contributed by atoms with E-state index in [1.807, 2.05) is 6.07 Å². The average Bonchev–Trinajstić information content (AvgIpc) is 2.70. The largest absolute Gasteiger partial charge is 0.494 e. The van der Waals surface area contributed by atoms with Crippen LogP contribution >= 0.6 is 11.6 Å². The van der Waals surface area contributed by atoms with Crippen LogP contribution in [-0.4, -0.2) is 23.2 Å². The molecule has 4 fully saturated rings. The smallest absolute Gasteiger partial charge is 0.420 e. The topological polar surface area (TPSA) is 56.3 Å². The maximum absolute atomic E-state index is 12.9. The highest BCUT2D eigenvalue weighted by Crippen LogP contribution is 2.54. The molecule has 0 spiro atoms. The molecule has 6 rings (SSSR count). The van der Waals surface area contributed by atoms with E-state index in [2.05, 4.69) is 15.3 Å². The summed E-state index contributed by atoms with van der Waals surface area (Å²) in [6.45, 7) is 0. The second kappa shape index (κ2) is 7.73. The minimum absolute atomic E-state index is 0.0500. The van der Waals surface area contributed by atoms with Gasteiger partial charge in [-0.05, 0) is 67.9 Å². The first kappa shape index (κ1) is 20.7. The SMILES string of the molecule is COc1cc(OC2C3CC4CC(C3)CC2C4)ccc1Nc1ncc(C(F)(F)F)c(Cl)n1. The Morgan fingerprint density at radius 2 is 1.74 bits per heavy atom. The number of methoxy groups -OCH3 is 1. The number of nitrogens with zero attached hydrogens (tertiary/aromatic N) is 2. The van der Waals surface area contributed by atoms with Crippen LogP contribution < -0.4 is 14.8 Å². The van der Waals surface area contributed by atoms with Crippen molar-refractivity contribution in [3.8, 4) is 11.5 Å². The third-order valence-electron chi connectivity index (χ3n) is 6.88. The molecule has 5 nitrogen and oxygen atoms in total. The van der Waals surface area contributed by atoms with Crippen molar-refractivity contribution in [3.63, 3.8) is 0 Å². The molecule has 166 valence electrons. The fraction of sp³-hybridized carbons (Fsp3) is 0.545. The summed E-state index contributed by atoms with van der Waals surface area (Å²) in [5.41, 5.74) is -0.568. The molecule has 0 amide bonds. The van der Waals surface area contributed by atoms with Gasteiger partial charge < -0.3 is 14.8 Å². The minimum Gasteiger partial charge on any atom is -0.494 e. The summed E-state index contributed by atoms with van der Waals surface area (Å²) in [6, 6.07) is 5.37. The highest BCUT2D eigenvalue weighted by molar-refractivity contribution is 6.30. The predicted octanol–water partition coefficient (Wildman–Crippen LogP) is 6.10. The van der Waals surface area contributed by atoms with Crippen LogP contribution in [0.15, 0.2) is 24.4 Å². The molecule has 4 aliphatic carbocycles. The normalized spacial score (nSPS) is 29.1. The quantitative estimate of drug-likeness (QED) is 0.554. The molecule has 0 unspecified atom stereocenters. The molecule has 9 heteroatoms. The highest BCUT2D eigenvalue weighted by Gasteiger charge is 2.49. The van der Waals surface area contributed by atoms with Gasteiger partial charge in [0.05, 0.1) is 12.8 Å². The molecule has 0 radical (unpaired) electrons. The van der Waals surface area contributed by atoms with Crippen molar-refractivity contribution in [2.75, 3.05) is 12.4 Å². The molecule has 4 bridgehead atoms. The average molecular weight is 454 g/mol. The first-order chi connectivity index (χ1) is 14.8. The Kier molecular flexibility index (Phi) is 5.15. The van der Waals surface area contributed by atoms with Crippen LogP contribution in [0.25, 0.3) is 0 Å². The minimum atomic E-state index is -4.61. The van der Waals surface area contributed by atoms with Crippen molar-refractivity contribution in [1.29, 1.82) is 0 Å². The summed E-state index contributed by atoms with van der Waals surface area (Å²) in [5, 5.41) is 2.21. The Labute approximate surface area is 183 Å². The molecule has 1 aromatic carbocycles. The molecule has 1 N–H and O–H groups in total. The lowest BCUT2D eigenvalue weighted by Gasteiger charge is -2.53. The number of ether oxygens (including phenoxy) is 2. The number of halogens is 4. The third kappa shape index (κ3) is 4.02. The van der Waals surface area contributed by atoms with Crippen LogP contribution in [0.4, 0.5) is 24.8 Å². The van der Waals surface area contributed by atoms with Gasteiger partial charge in [0.1, 0.15) is 28.3 Å². The van der Waals surface area contributed by atoms with E-state index in [0.717, 1.165) is 17.6 Å². The predicted molar refractivity (Wildman–Crippen MR) is 110 cm³/mol. The van der Waals surface area contributed by atoms with Crippen LogP contribution in [-0.2, 0) is 6.18 Å². The van der Waals surface area contributed by atoms with Crippen molar-refractivity contribution < 1.29 is 22.6 Å². The molecule has 1 heterocycles. The zero-order valence-electron chi connectivity index (χ0n) is 17.0. The van der Waals surface area contributed by atoms with Gasteiger partial charge in [-0.1, -0.05) is 11.6 Å². The fourth-order valence-corrected chi connectivity index (χ4v) is 6.04. The molecule has 1 aromatic heterocycles. The van der Waals surface area contributed by atoms with E-state index in [1.165, 1.54) is 39.2 Å². The molecule has 4 saturated carbocycles. The molecular weight excluding hydrogens is 431 g/mol. The Bertz CT molecular complexity index is 957. The lowest BCUT2D eigenvalue weighted by atomic mass is 9.55. The van der Waals surface area contributed by atoms with Gasteiger partial charge in [0, 0.05) is 12.3 Å². The lowest BCUT2D eigenvalue weighted by Crippen LogP contribution is -2.50. The van der Waals surface area contributed by atoms with Crippen molar-refractivity contribution in [2.24, 2.45) is 23.7 Å². The fourth-order valence-electron chi connectivity index (χ4n) is 5.80. The second-order valence-electron chi connectivity index (χ2n) is 8.90. The van der Waals surface area contributed by atoms with E-state index >= 15 is 0 Å². The maximum Gasteiger partial charge on any atom is 0.420 e. The number of hydrogen-bond acceptors (Lipinski definition) is 5. The summed E-state index contributed by atoms with van der Waals surface area (Å²) in [7, 11) is 1.52. The van der Waals surface area contributed by atoms with Gasteiger partial charge in [-0.3, -0.25) is 0 Å². The van der Waals surface area contributed by atoms with Crippen LogP contribution in [0.3, 0.4) is 0 Å². The van der Waals surface area contributed by atoms with Gasteiger partial charge in [-0.2, -0.15) is 13.2 Å². The van der Waals surface area contributed by atoms with Gasteiger partial charge in [0.25, 0.3) is 0 Å². The lowest BCUT2D eigenvalue weighted by molar-refractivity contribution is -0.137. The second-order valence-corrected chi connectivity index (χ2v) is 9.25. The zero-order valence-corrected chi connectivity index (χ0v) is 17.7. The van der Waals surface area contributed by atoms with Gasteiger partial charge in [0.2, 0.25) is 5.95 Å². The number of rotatable bonds is 5. The molecule has 4 aliphatic rings. The first-order valence-corrected chi connectivity index (χ1v) is 10.9. The molecule has 2 aromatic rings. The molecule has 31 heavy (non-hydrogen) atoms. The van der Waals surface area contributed by atoms with Crippen molar-refractivity contribution in [3.05, 3.63) is 35.1 Å². The first-order valence-electron chi connectivity index (χ1n) is 10.5. The monoisotopic (exact) mass is 453 g/mol. The van der Waals surface area contributed by atoms with Gasteiger partial charge in [-0.15, -0.1) is 0 Å². The van der Waals surface area contributed by atoms with Crippen LogP contribution in [0.5, 0.6) is 11.5 Å². The number of nitrogens with one attached hydrogen (secondary N) is 1. The third-order valence-corrected chi connectivity index (χ3v) is 7.17. The number of hydrogen-bond donors (Lipinski definition) is 1. The molecule has 0 saturated heterocycles. The Morgan fingerprint density at radius 1 is 1.06 bits per heavy atom. The number of benzene rings is 1. The van der Waals surface area contributed by atoms with Crippen molar-refractivity contribution in [1.82, 2.24) is 9.97 Å². The maximum atomic E-state index is 12.9. The number of alkyl halides is 3. The number of aromatic nitrogens is 2. The van der Waals surface area contributed by atoms with Crippen LogP contribution in [0, 0.1) is 23.7 Å². The van der Waals surface area contributed by atoms with E-state index in [-0.39, 0.29) is 12.1 Å². The molecule has 0 aliphatic heterocycles. The van der Waals surface area contributed by atoms with E-state index in [1.54, 1.807) is 12.1 Å². The van der Waals surface area contributed by atoms with Gasteiger partial charge in [0.15, 0.2) is 0 Å². The summed E-state index contributed by atoms with van der Waals surface area (Å²) < 4.78 is 50.4. The molecule has 0 atom stereocenters. The van der Waals surface area contributed by atoms with E-state index < -0.39 is 16.9 Å². The summed E-state index contributed by atoms with van der Waals surface area (Å²) in [4.78, 5) is 7.44. The Hall–Kier alpha value is -2.22. The van der Waals surface area contributed by atoms with Crippen LogP contribution in [0.2, 0.25) is 5.15 Å². The van der Waals surface area contributed by atoms with Crippen molar-refractivity contribution in [2.45, 2.75) is 44.4 Å². The zero-order chi connectivity index (χ0) is 21.8. The van der Waals surface area contributed by atoms with Crippen molar-refractivity contribution >= 4 is 23.2 Å². The van der Waals surface area contributed by atoms with Crippen LogP contribution in [0.1, 0.15) is 37.7 Å². The number of anilines is 2. The summed E-state index contributed by atoms with van der Waals surface area (Å²) in [5.74, 6) is 4.17. The van der Waals surface area contributed by atoms with E-state index in [9.17, 15) is 13.2 Å². The van der Waals surface area contributed by atoms with E-state index in [4.69, 9.17) is 21.1 Å². The van der Waals surface area contributed by atoms with Gasteiger partial charge in [-0.25, -0.2) is 9.97 Å². The van der Waals surface area contributed by atoms with Gasteiger partial charge >= 0.3 is 6.18 Å². The highest BCUT2D eigenvalue weighted by atomic mass is 35.5. The Morgan fingerprint density at radius 3 is 2.32 bits per heavy atom. The molecular formula is C22H23ClF3N3O2. The summed E-state index contributed by atoms with van der Waals surface area (Å²) >= 11 is 5.69. The summed E-state index contributed by atoms with van der Waals surface area (Å²) in [6.07, 6.45) is 2.75. The van der Waals surface area contributed by atoms with E-state index in [0.29, 0.717) is 29.5 Å².